The highest BCUT2D eigenvalue weighted by molar-refractivity contribution is 5.79. The molecule has 0 aromatic heterocycles. The molecule has 1 aromatic carbocycles. The summed E-state index contributed by atoms with van der Waals surface area (Å²) < 4.78 is 0. The quantitative estimate of drug-likeness (QED) is 0.225. The Morgan fingerprint density at radius 1 is 1.44 bits per heavy atom. The molecule has 0 heterocycles. The fraction of sp³-hybridized carbons (Fsp3) is 0.417. The van der Waals surface area contributed by atoms with Gasteiger partial charge in [-0.3, -0.25) is 0 Å². The molecule has 4 heteroatoms. The Hall–Kier alpha value is -1.55. The van der Waals surface area contributed by atoms with Crippen LogP contribution in [0.2, 0.25) is 0 Å². The fourth-order valence-corrected chi connectivity index (χ4v) is 1.48. The smallest absolute Gasteiger partial charge is 0.139 e. The zero-order chi connectivity index (χ0) is 11.8. The van der Waals surface area contributed by atoms with Crippen molar-refractivity contribution in [1.82, 2.24) is 5.32 Å². The highest BCUT2D eigenvalue weighted by Gasteiger charge is 1.97. The Balaban J connectivity index is 2.19. The highest BCUT2D eigenvalue weighted by atomic mass is 16.4. The van der Waals surface area contributed by atoms with Crippen molar-refractivity contribution < 1.29 is 5.21 Å². The zero-order valence-corrected chi connectivity index (χ0v) is 9.61. The van der Waals surface area contributed by atoms with Gasteiger partial charge in [0.1, 0.15) is 5.84 Å². The molecule has 0 aliphatic heterocycles. The van der Waals surface area contributed by atoms with Gasteiger partial charge in [0, 0.05) is 13.0 Å². The van der Waals surface area contributed by atoms with E-state index in [0.717, 1.165) is 19.5 Å². The molecule has 1 rings (SSSR count). The van der Waals surface area contributed by atoms with Crippen molar-refractivity contribution >= 4 is 5.84 Å². The lowest BCUT2D eigenvalue weighted by atomic mass is 10.1. The fourth-order valence-electron chi connectivity index (χ4n) is 1.48. The average Bonchev–Trinajstić information content (AvgIpc) is 2.30. The van der Waals surface area contributed by atoms with E-state index in [4.69, 9.17) is 10.9 Å². The number of nitrogens with one attached hydrogen (secondary N) is 1. The molecule has 1 aromatic rings. The van der Waals surface area contributed by atoms with E-state index in [1.165, 1.54) is 11.1 Å². The van der Waals surface area contributed by atoms with E-state index in [0.29, 0.717) is 6.42 Å². The van der Waals surface area contributed by atoms with Gasteiger partial charge in [0.05, 0.1) is 0 Å². The molecule has 0 atom stereocenters. The lowest BCUT2D eigenvalue weighted by Gasteiger charge is -2.07. The predicted molar refractivity (Wildman–Crippen MR) is 65.5 cm³/mol. The van der Waals surface area contributed by atoms with Crippen molar-refractivity contribution in [3.63, 3.8) is 0 Å². The Kier molecular flexibility index (Phi) is 5.36. The van der Waals surface area contributed by atoms with Crippen LogP contribution in [0, 0.1) is 6.92 Å². The molecule has 0 aliphatic rings. The SMILES string of the molecule is Cc1ccccc1CNCCCC(N)=NO. The summed E-state index contributed by atoms with van der Waals surface area (Å²) in [5.41, 5.74) is 7.97. The first-order valence-electron chi connectivity index (χ1n) is 5.45. The van der Waals surface area contributed by atoms with Gasteiger partial charge in [0.25, 0.3) is 0 Å². The van der Waals surface area contributed by atoms with Crippen LogP contribution in [0.3, 0.4) is 0 Å². The van der Waals surface area contributed by atoms with Gasteiger partial charge in [-0.15, -0.1) is 0 Å². The van der Waals surface area contributed by atoms with Gasteiger partial charge in [-0.2, -0.15) is 0 Å². The molecular weight excluding hydrogens is 202 g/mol. The van der Waals surface area contributed by atoms with E-state index in [1.807, 2.05) is 12.1 Å². The summed E-state index contributed by atoms with van der Waals surface area (Å²) in [6.07, 6.45) is 1.50. The minimum atomic E-state index is 0.290. The van der Waals surface area contributed by atoms with Crippen LogP contribution in [0.25, 0.3) is 0 Å². The maximum Gasteiger partial charge on any atom is 0.139 e. The minimum Gasteiger partial charge on any atom is -0.409 e. The van der Waals surface area contributed by atoms with E-state index in [-0.39, 0.29) is 5.84 Å². The summed E-state index contributed by atoms with van der Waals surface area (Å²) in [5.74, 6) is 0.290. The van der Waals surface area contributed by atoms with Gasteiger partial charge in [0.15, 0.2) is 0 Å². The van der Waals surface area contributed by atoms with Gasteiger partial charge in [0.2, 0.25) is 0 Å². The van der Waals surface area contributed by atoms with Gasteiger partial charge in [-0.1, -0.05) is 29.4 Å². The van der Waals surface area contributed by atoms with Crippen LogP contribution in [-0.4, -0.2) is 17.6 Å². The number of nitrogens with two attached hydrogens (primary N) is 1. The molecule has 0 amide bonds. The predicted octanol–water partition coefficient (Wildman–Crippen LogP) is 1.61. The van der Waals surface area contributed by atoms with Crippen molar-refractivity contribution in [2.24, 2.45) is 10.9 Å². The Labute approximate surface area is 96.2 Å². The lowest BCUT2D eigenvalue weighted by Crippen LogP contribution is -2.18. The van der Waals surface area contributed by atoms with E-state index < -0.39 is 0 Å². The number of benzene rings is 1. The number of aryl methyl sites for hydroxylation is 1. The second-order valence-corrected chi connectivity index (χ2v) is 3.80. The van der Waals surface area contributed by atoms with Gasteiger partial charge in [-0.05, 0) is 31.0 Å². The van der Waals surface area contributed by atoms with Crippen molar-refractivity contribution in [3.05, 3.63) is 35.4 Å². The largest absolute Gasteiger partial charge is 0.409 e. The van der Waals surface area contributed by atoms with Crippen LogP contribution >= 0.6 is 0 Å². The Bertz CT molecular complexity index is 350. The maximum absolute atomic E-state index is 8.35. The maximum atomic E-state index is 8.35. The molecule has 0 saturated heterocycles. The second-order valence-electron chi connectivity index (χ2n) is 3.80. The number of rotatable bonds is 6. The third kappa shape index (κ3) is 4.31. The van der Waals surface area contributed by atoms with Gasteiger partial charge < -0.3 is 16.3 Å². The molecular formula is C12H19N3O. The first kappa shape index (κ1) is 12.5. The summed E-state index contributed by atoms with van der Waals surface area (Å²) in [5, 5.41) is 14.6. The summed E-state index contributed by atoms with van der Waals surface area (Å²) in [4.78, 5) is 0. The van der Waals surface area contributed by atoms with Crippen LogP contribution in [-0.2, 0) is 6.54 Å². The summed E-state index contributed by atoms with van der Waals surface area (Å²) in [6, 6.07) is 8.30. The number of oxime groups is 1. The summed E-state index contributed by atoms with van der Waals surface area (Å²) in [7, 11) is 0. The molecule has 0 aliphatic carbocycles. The molecule has 4 nitrogen and oxygen atoms in total. The average molecular weight is 221 g/mol. The standard InChI is InChI=1S/C12H19N3O/c1-10-5-2-3-6-11(10)9-14-8-4-7-12(13)15-16/h2-3,5-6,14,16H,4,7-9H2,1H3,(H2,13,15). The van der Waals surface area contributed by atoms with E-state index in [2.05, 4.69) is 29.5 Å². The Morgan fingerprint density at radius 2 is 2.19 bits per heavy atom. The first-order chi connectivity index (χ1) is 7.74. The third-order valence-electron chi connectivity index (χ3n) is 2.49. The van der Waals surface area contributed by atoms with E-state index in [1.54, 1.807) is 0 Å². The van der Waals surface area contributed by atoms with Crippen LogP contribution in [0.4, 0.5) is 0 Å². The second kappa shape index (κ2) is 6.85. The highest BCUT2D eigenvalue weighted by Crippen LogP contribution is 2.05. The van der Waals surface area contributed by atoms with Gasteiger partial charge in [-0.25, -0.2) is 0 Å². The van der Waals surface area contributed by atoms with E-state index >= 15 is 0 Å². The number of nitrogens with zero attached hydrogens (tertiary/aromatic N) is 1. The molecule has 0 spiro atoms. The van der Waals surface area contributed by atoms with Crippen molar-refractivity contribution in [2.45, 2.75) is 26.3 Å². The Morgan fingerprint density at radius 3 is 2.88 bits per heavy atom. The molecule has 0 radical (unpaired) electrons. The van der Waals surface area contributed by atoms with Crippen LogP contribution in [0.1, 0.15) is 24.0 Å². The van der Waals surface area contributed by atoms with E-state index in [9.17, 15) is 0 Å². The van der Waals surface area contributed by atoms with Crippen LogP contribution in [0.5, 0.6) is 0 Å². The number of hydrogen-bond donors (Lipinski definition) is 3. The van der Waals surface area contributed by atoms with Crippen LogP contribution in [0.15, 0.2) is 29.4 Å². The molecule has 4 N–H and O–H groups in total. The lowest BCUT2D eigenvalue weighted by molar-refractivity contribution is 0.316. The normalized spacial score (nSPS) is 11.7. The molecule has 0 saturated carbocycles. The molecule has 0 unspecified atom stereocenters. The van der Waals surface area contributed by atoms with Crippen molar-refractivity contribution in [2.75, 3.05) is 6.54 Å². The number of hydrogen-bond acceptors (Lipinski definition) is 3. The molecule has 0 bridgehead atoms. The van der Waals surface area contributed by atoms with Gasteiger partial charge >= 0.3 is 0 Å². The summed E-state index contributed by atoms with van der Waals surface area (Å²) >= 11 is 0. The third-order valence-corrected chi connectivity index (χ3v) is 2.49. The topological polar surface area (TPSA) is 70.6 Å². The summed E-state index contributed by atoms with van der Waals surface area (Å²) in [6.45, 7) is 3.83. The monoisotopic (exact) mass is 221 g/mol. The molecule has 0 fully saturated rings. The van der Waals surface area contributed by atoms with Crippen molar-refractivity contribution in [3.8, 4) is 0 Å². The first-order valence-corrected chi connectivity index (χ1v) is 5.45. The zero-order valence-electron chi connectivity index (χ0n) is 9.61. The number of amidine groups is 1. The molecule has 88 valence electrons. The molecule has 16 heavy (non-hydrogen) atoms. The van der Waals surface area contributed by atoms with Crippen LogP contribution < -0.4 is 11.1 Å². The minimum absolute atomic E-state index is 0.290. The van der Waals surface area contributed by atoms with Crippen molar-refractivity contribution in [1.29, 1.82) is 0 Å².